The highest BCUT2D eigenvalue weighted by Crippen LogP contribution is 2.28. The molecule has 1 amide bonds. The number of nitrogens with one attached hydrogen (secondary N) is 1. The van der Waals surface area contributed by atoms with Crippen molar-refractivity contribution < 1.29 is 4.79 Å². The molecule has 0 aliphatic carbocycles. The van der Waals surface area contributed by atoms with E-state index in [-0.39, 0.29) is 11.4 Å². The lowest BCUT2D eigenvalue weighted by Crippen LogP contribution is -2.24. The molecule has 0 fully saturated rings. The van der Waals surface area contributed by atoms with Gasteiger partial charge in [0.25, 0.3) is 5.91 Å². The molecule has 35 heavy (non-hydrogen) atoms. The van der Waals surface area contributed by atoms with Crippen LogP contribution in [0, 0.1) is 6.92 Å². The largest absolute Gasteiger partial charge is 0.348 e. The van der Waals surface area contributed by atoms with Crippen molar-refractivity contribution in [3.8, 4) is 22.4 Å². The van der Waals surface area contributed by atoms with Crippen LogP contribution >= 0.6 is 0 Å². The Morgan fingerprint density at radius 2 is 1.80 bits per heavy atom. The molecule has 9 heteroatoms. The van der Waals surface area contributed by atoms with Gasteiger partial charge in [-0.3, -0.25) is 14.2 Å². The Morgan fingerprint density at radius 3 is 2.49 bits per heavy atom. The molecule has 0 saturated carbocycles. The smallest absolute Gasteiger partial charge is 0.254 e. The van der Waals surface area contributed by atoms with Crippen molar-refractivity contribution in [3.05, 3.63) is 78.3 Å². The number of hydrogen-bond donors (Lipinski definition) is 1. The molecule has 0 saturated heterocycles. The maximum atomic E-state index is 12.6. The van der Waals surface area contributed by atoms with E-state index in [1.807, 2.05) is 70.0 Å². The summed E-state index contributed by atoms with van der Waals surface area (Å²) in [5.41, 5.74) is 7.32. The van der Waals surface area contributed by atoms with E-state index >= 15 is 0 Å². The second-order valence-corrected chi connectivity index (χ2v) is 9.74. The number of aryl methyl sites for hydroxylation is 2. The molecule has 0 radical (unpaired) electrons. The van der Waals surface area contributed by atoms with E-state index in [1.165, 1.54) is 0 Å². The quantitative estimate of drug-likeness (QED) is 0.421. The van der Waals surface area contributed by atoms with Crippen molar-refractivity contribution in [2.75, 3.05) is 0 Å². The number of rotatable bonds is 5. The van der Waals surface area contributed by atoms with E-state index < -0.39 is 0 Å². The highest BCUT2D eigenvalue weighted by atomic mass is 16.1. The Kier molecular flexibility index (Phi) is 5.47. The number of carbonyl (C=O) groups is 1. The SMILES string of the molecule is Cc1cc(-c2ncnn3cc(-c4cnn(C)c4)cc23)ccc1CNC(=O)c1cnn(C(C)(C)C)c1. The van der Waals surface area contributed by atoms with Crippen molar-refractivity contribution in [1.29, 1.82) is 0 Å². The molecule has 5 rings (SSSR count). The van der Waals surface area contributed by atoms with E-state index in [0.29, 0.717) is 12.1 Å². The molecule has 0 bridgehead atoms. The molecule has 5 aromatic rings. The van der Waals surface area contributed by atoms with Crippen molar-refractivity contribution in [3.63, 3.8) is 0 Å². The minimum atomic E-state index is -0.171. The molecule has 1 aromatic carbocycles. The van der Waals surface area contributed by atoms with Crippen molar-refractivity contribution >= 4 is 11.4 Å². The third-order valence-electron chi connectivity index (χ3n) is 6.03. The Labute approximate surface area is 203 Å². The molecule has 9 nitrogen and oxygen atoms in total. The van der Waals surface area contributed by atoms with Crippen LogP contribution in [0.25, 0.3) is 27.9 Å². The number of carbonyl (C=O) groups excluding carboxylic acids is 1. The number of hydrogen-bond acceptors (Lipinski definition) is 5. The van der Waals surface area contributed by atoms with E-state index in [0.717, 1.165) is 39.0 Å². The van der Waals surface area contributed by atoms with E-state index in [4.69, 9.17) is 0 Å². The molecule has 0 atom stereocenters. The van der Waals surface area contributed by atoms with Crippen LogP contribution in [0.2, 0.25) is 0 Å². The van der Waals surface area contributed by atoms with Gasteiger partial charge in [0.05, 0.1) is 34.7 Å². The first-order valence-corrected chi connectivity index (χ1v) is 11.4. The zero-order chi connectivity index (χ0) is 24.7. The van der Waals surface area contributed by atoms with Gasteiger partial charge >= 0.3 is 0 Å². The molecule has 4 aromatic heterocycles. The van der Waals surface area contributed by atoms with Crippen LogP contribution < -0.4 is 5.32 Å². The zero-order valence-electron chi connectivity index (χ0n) is 20.5. The van der Waals surface area contributed by atoms with Crippen LogP contribution in [-0.4, -0.2) is 40.1 Å². The lowest BCUT2D eigenvalue weighted by molar-refractivity contribution is 0.0950. The number of benzene rings is 1. The van der Waals surface area contributed by atoms with Crippen LogP contribution in [0.4, 0.5) is 0 Å². The summed E-state index contributed by atoms with van der Waals surface area (Å²) in [6.45, 7) is 8.62. The lowest BCUT2D eigenvalue weighted by Gasteiger charge is -2.18. The van der Waals surface area contributed by atoms with Gasteiger partial charge in [0, 0.05) is 48.9 Å². The van der Waals surface area contributed by atoms with Gasteiger partial charge in [0.15, 0.2) is 0 Å². The van der Waals surface area contributed by atoms with Crippen molar-refractivity contribution in [2.45, 2.75) is 39.8 Å². The highest BCUT2D eigenvalue weighted by Gasteiger charge is 2.17. The molecule has 4 heterocycles. The Hall–Kier alpha value is -4.27. The Balaban J connectivity index is 1.36. The van der Waals surface area contributed by atoms with Gasteiger partial charge in [-0.25, -0.2) is 9.50 Å². The van der Waals surface area contributed by atoms with E-state index in [2.05, 4.69) is 37.7 Å². The summed E-state index contributed by atoms with van der Waals surface area (Å²) in [4.78, 5) is 17.2. The summed E-state index contributed by atoms with van der Waals surface area (Å²) in [5, 5.41) is 16.0. The summed E-state index contributed by atoms with van der Waals surface area (Å²) in [7, 11) is 1.90. The van der Waals surface area contributed by atoms with Gasteiger partial charge in [-0.15, -0.1) is 0 Å². The van der Waals surface area contributed by atoms with Crippen molar-refractivity contribution in [2.24, 2.45) is 7.05 Å². The molecule has 1 N–H and O–H groups in total. The maximum absolute atomic E-state index is 12.6. The van der Waals surface area contributed by atoms with Crippen LogP contribution in [0.3, 0.4) is 0 Å². The summed E-state index contributed by atoms with van der Waals surface area (Å²) in [6, 6.07) is 8.24. The average Bonchev–Trinajstić information content (AvgIpc) is 3.56. The van der Waals surface area contributed by atoms with E-state index in [9.17, 15) is 4.79 Å². The van der Waals surface area contributed by atoms with Crippen molar-refractivity contribution in [1.82, 2.24) is 39.5 Å². The predicted molar refractivity (Wildman–Crippen MR) is 134 cm³/mol. The van der Waals surface area contributed by atoms with Gasteiger partial charge in [0.2, 0.25) is 0 Å². The molecular weight excluding hydrogens is 440 g/mol. The fraction of sp³-hybridized carbons (Fsp3) is 0.269. The first kappa shape index (κ1) is 22.5. The fourth-order valence-electron chi connectivity index (χ4n) is 4.01. The van der Waals surface area contributed by atoms with Gasteiger partial charge in [-0.1, -0.05) is 12.1 Å². The van der Waals surface area contributed by atoms with Gasteiger partial charge in [0.1, 0.15) is 6.33 Å². The number of aromatic nitrogens is 7. The predicted octanol–water partition coefficient (Wildman–Crippen LogP) is 3.99. The normalized spacial score (nSPS) is 11.8. The topological polar surface area (TPSA) is 94.9 Å². The van der Waals surface area contributed by atoms with E-state index in [1.54, 1.807) is 28.1 Å². The first-order chi connectivity index (χ1) is 16.7. The standard InChI is InChI=1S/C26H28N8O/c1-17-8-18(6-7-19(17)10-27-25(35)22-12-30-34(15-22)26(2,3)4)24-23-9-20(14-33(23)31-16-28-24)21-11-29-32(5)13-21/h6-9,11-16H,10H2,1-5H3,(H,27,35). The third kappa shape index (κ3) is 4.44. The monoisotopic (exact) mass is 468 g/mol. The molecule has 0 aliphatic rings. The number of fused-ring (bicyclic) bond motifs is 1. The van der Waals surface area contributed by atoms with Crippen LogP contribution in [0.15, 0.2) is 61.6 Å². The second-order valence-electron chi connectivity index (χ2n) is 9.74. The summed E-state index contributed by atoms with van der Waals surface area (Å²) in [5.74, 6) is -0.141. The van der Waals surface area contributed by atoms with Crippen LogP contribution in [0.5, 0.6) is 0 Å². The summed E-state index contributed by atoms with van der Waals surface area (Å²) < 4.78 is 5.42. The fourth-order valence-corrected chi connectivity index (χ4v) is 4.01. The van der Waals surface area contributed by atoms with Gasteiger partial charge in [-0.2, -0.15) is 15.3 Å². The van der Waals surface area contributed by atoms with Gasteiger partial charge < -0.3 is 5.32 Å². The Morgan fingerprint density at radius 1 is 0.971 bits per heavy atom. The van der Waals surface area contributed by atoms with Gasteiger partial charge in [-0.05, 0) is 51.0 Å². The lowest BCUT2D eigenvalue weighted by atomic mass is 10.0. The number of amides is 1. The first-order valence-electron chi connectivity index (χ1n) is 11.4. The minimum absolute atomic E-state index is 0.141. The maximum Gasteiger partial charge on any atom is 0.254 e. The summed E-state index contributed by atoms with van der Waals surface area (Å²) in [6.07, 6.45) is 10.7. The molecule has 0 spiro atoms. The molecule has 0 aliphatic heterocycles. The molecule has 178 valence electrons. The van der Waals surface area contributed by atoms with Crippen LogP contribution in [0.1, 0.15) is 42.3 Å². The zero-order valence-corrected chi connectivity index (χ0v) is 20.5. The average molecular weight is 469 g/mol. The molecular formula is C26H28N8O. The second kappa shape index (κ2) is 8.50. The van der Waals surface area contributed by atoms with Crippen LogP contribution in [-0.2, 0) is 19.1 Å². The number of nitrogens with zero attached hydrogens (tertiary/aromatic N) is 7. The Bertz CT molecular complexity index is 1530. The molecule has 0 unspecified atom stereocenters. The summed E-state index contributed by atoms with van der Waals surface area (Å²) >= 11 is 0. The third-order valence-corrected chi connectivity index (χ3v) is 6.03. The highest BCUT2D eigenvalue weighted by molar-refractivity contribution is 5.93. The minimum Gasteiger partial charge on any atom is -0.348 e.